The number of aryl methyl sites for hydroxylation is 4. The minimum atomic E-state index is -3.42. The van der Waals surface area contributed by atoms with E-state index in [9.17, 15) is 82.1 Å². The number of ether oxygens (including phenoxy) is 8. The maximum absolute atomic E-state index is 12.8. The molecule has 0 amide bonds. The van der Waals surface area contributed by atoms with E-state index in [1.165, 1.54) is 89.2 Å². The van der Waals surface area contributed by atoms with Crippen LogP contribution in [0.15, 0.2) is 86.9 Å². The molecule has 0 aliphatic carbocycles. The van der Waals surface area contributed by atoms with E-state index in [2.05, 4.69) is 38.9 Å². The Morgan fingerprint density at radius 2 is 0.928 bits per heavy atom. The summed E-state index contributed by atoms with van der Waals surface area (Å²) in [5.74, 6) is 1.82. The number of methoxy groups -OCH3 is 4. The molecule has 0 bridgehead atoms. The second-order valence-corrected chi connectivity index (χ2v) is 43.2. The maximum atomic E-state index is 12.8. The summed E-state index contributed by atoms with van der Waals surface area (Å²) in [6, 6.07) is -2.02. The molecule has 17 atom stereocenters. The molecule has 13 N–H and O–H groups in total. The molecule has 8 heterocycles. The van der Waals surface area contributed by atoms with Crippen molar-refractivity contribution >= 4 is 37.5 Å². The fourth-order valence-electron chi connectivity index (χ4n) is 12.8. The summed E-state index contributed by atoms with van der Waals surface area (Å²) < 4.78 is 135. The smallest absolute Gasteiger partial charge is 0.850 e. The Morgan fingerprint density at radius 1 is 0.592 bits per heavy atom. The van der Waals surface area contributed by atoms with E-state index in [-0.39, 0.29) is 147 Å². The molecular formula is C75H130KN10O34P5. The maximum Gasteiger partial charge on any atom is 1.00 e. The van der Waals surface area contributed by atoms with Gasteiger partial charge in [-0.2, -0.15) is 0 Å². The summed E-state index contributed by atoms with van der Waals surface area (Å²) in [5, 5.41) is 87.7. The number of nitrogens with one attached hydrogen (secondary N) is 4. The van der Waals surface area contributed by atoms with Crippen LogP contribution in [0.5, 0.6) is 0 Å². The predicted octanol–water partition coefficient (Wildman–Crippen LogP) is -1.49. The molecule has 5 unspecified atom stereocenters. The largest absolute Gasteiger partial charge is 1.00 e. The third-order valence-electron chi connectivity index (χ3n) is 19.6. The molecule has 4 aliphatic heterocycles. The topological polar surface area (TPSA) is 611 Å². The zero-order valence-electron chi connectivity index (χ0n) is 76.7. The van der Waals surface area contributed by atoms with E-state index >= 15 is 0 Å². The van der Waals surface area contributed by atoms with Crippen molar-refractivity contribution in [3.05, 3.63) is 166 Å². The molecule has 4 aromatic heterocycles. The molecule has 8 rings (SSSR count). The van der Waals surface area contributed by atoms with Crippen LogP contribution in [-0.4, -0.2) is 309 Å². The van der Waals surface area contributed by atoms with Crippen LogP contribution in [0.3, 0.4) is 0 Å². The molecule has 125 heavy (non-hydrogen) atoms. The quantitative estimate of drug-likeness (QED) is 0.0118. The molecule has 710 valence electrons. The van der Waals surface area contributed by atoms with Crippen LogP contribution in [0, 0.1) is 46.1 Å². The second-order valence-electron chi connectivity index (χ2n) is 30.5. The number of aliphatic hydroxyl groups is 9. The molecule has 0 saturated carbocycles. The van der Waals surface area contributed by atoms with Crippen molar-refractivity contribution in [1.82, 2.24) is 42.9 Å². The van der Waals surface area contributed by atoms with Gasteiger partial charge in [0.15, 0.2) is 14.3 Å². The molecular weight excluding hydrogens is 1780 g/mol. The molecule has 0 aromatic carbocycles. The minimum absolute atomic E-state index is 0. The first-order valence-electron chi connectivity index (χ1n) is 40.0. The average molecular weight is 1910 g/mol. The monoisotopic (exact) mass is 1910 g/mol. The summed E-state index contributed by atoms with van der Waals surface area (Å²) >= 11 is 0. The van der Waals surface area contributed by atoms with E-state index in [0.717, 1.165) is 14.2 Å². The van der Waals surface area contributed by atoms with Gasteiger partial charge in [0.2, 0.25) is 7.98 Å². The Bertz CT molecular complexity index is 4630. The van der Waals surface area contributed by atoms with Gasteiger partial charge in [0.05, 0.1) is 100 Å². The number of hydrogen-bond acceptors (Lipinski definition) is 35. The van der Waals surface area contributed by atoms with Crippen LogP contribution in [0.25, 0.3) is 4.85 Å². The molecule has 4 fully saturated rings. The average Bonchev–Trinajstić information content (AvgIpc) is 0.751. The Labute approximate surface area is 771 Å². The molecule has 4 aromatic rings. The third kappa shape index (κ3) is 35.3. The van der Waals surface area contributed by atoms with Gasteiger partial charge < -0.3 is 126 Å². The first kappa shape index (κ1) is 115. The normalized spacial score (nSPS) is 24.6. The van der Waals surface area contributed by atoms with Crippen molar-refractivity contribution in [3.63, 3.8) is 0 Å². The number of aliphatic hydroxyl groups excluding tert-OH is 9. The molecule has 44 nitrogen and oxygen atoms in total. The van der Waals surface area contributed by atoms with Crippen molar-refractivity contribution in [2.75, 3.05) is 140 Å². The van der Waals surface area contributed by atoms with Crippen LogP contribution in [0.1, 0.15) is 117 Å². The van der Waals surface area contributed by atoms with Crippen LogP contribution in [-0.2, 0) is 74.3 Å². The van der Waals surface area contributed by atoms with Gasteiger partial charge in [0.25, 0.3) is 30.8 Å². The first-order chi connectivity index (χ1) is 59.0. The minimum Gasteiger partial charge on any atom is -0.850 e. The number of H-pyrrole nitrogens is 4. The van der Waals surface area contributed by atoms with Gasteiger partial charge in [0, 0.05) is 122 Å². The summed E-state index contributed by atoms with van der Waals surface area (Å²) in [6.45, 7) is 30.7. The van der Waals surface area contributed by atoms with Crippen molar-refractivity contribution in [3.8, 4) is 0 Å². The van der Waals surface area contributed by atoms with Crippen LogP contribution in [0.2, 0.25) is 0 Å². The van der Waals surface area contributed by atoms with E-state index in [1.54, 1.807) is 61.7 Å². The van der Waals surface area contributed by atoms with E-state index in [0.29, 0.717) is 22.3 Å². The zero-order valence-corrected chi connectivity index (χ0v) is 82.3. The number of hydrogen-bond donors (Lipinski definition) is 13. The Kier molecular flexibility index (Phi) is 52.0. The molecule has 4 saturated heterocycles. The van der Waals surface area contributed by atoms with Gasteiger partial charge in [-0.05, 0) is 80.0 Å². The van der Waals surface area contributed by atoms with Crippen molar-refractivity contribution in [1.29, 1.82) is 1.43 Å². The molecule has 4 aliphatic rings. The summed E-state index contributed by atoms with van der Waals surface area (Å²) in [4.78, 5) is 108. The summed E-state index contributed by atoms with van der Waals surface area (Å²) in [7, 11) is -5.43. The predicted molar refractivity (Wildman–Crippen MR) is 459 cm³/mol. The van der Waals surface area contributed by atoms with Crippen LogP contribution >= 0.6 is 37.5 Å². The summed E-state index contributed by atoms with van der Waals surface area (Å²) in [6.07, 6.45) is -1.54. The molecule has 0 spiro atoms. The van der Waals surface area contributed by atoms with Gasteiger partial charge in [-0.15, -0.1) is 5.60 Å². The molecule has 0 radical (unpaired) electrons. The van der Waals surface area contributed by atoms with Gasteiger partial charge >= 0.3 is 81.7 Å². The standard InChI is InChI=1S/C24H40N4O9P2.C16H25N2O7P.C13H20N2O5.C12H18N2O5.C5H14O6P2.C4H9O.CH4O.K/c1-16(2)28(17(3)4)38(36-10-9-25-6)37-22-20(8-11-39(33,14-29)15-30)35-13-19(21(22)34-7)27-12-18(5)23(31)26-24(27)32;1-10-6-18(16(22)17-15(10)21)12-7-25-13(11(2)14(12)24-3)4-5-26(23,8-19)9-20;1-7-4-15(13(18)14-12(7)17)9-6-20-10(5-16)8(2)11(9)19-3;1-6-4-14(12(17)13-11(6)16)8-5-19-7(2)9(15)10(8)18-3;1-10-13(9,11-2)5-12(8,3-6)4-7;1-4(2,3)5;1-2;/h8,11-12,16-17,19-22,29-30H,9-10,13-15H2,1-5,7H3,(H,26,31,32);4-6,11-14,19-20H,7-9H2,1-3H3,(H,17,21,22);4,8-11,16H,5-6H2,1-3H3,(H,14,17,18);4,7-10,15H,5H2,1-3H3,(H,13,16,17);6-7H,3-5H2,1-2H3;1-3H3;2H,1H3;/q;;;;;-1;;+1/b11-8+;5-4+;;;;;;/t19-,20?,21+,22-,38?;11-,12-,13?,14-;8-,9-,10?,11-;7?,8-,9-,10+;;;;/m1111..../s1/i;;;2D;;;2T;. The van der Waals surface area contributed by atoms with Gasteiger partial charge in [-0.1, -0.05) is 40.7 Å². The number of aromatic nitrogens is 8. The fourth-order valence-corrected chi connectivity index (χ4v) is 20.5. The third-order valence-corrected chi connectivity index (χ3v) is 30.7. The van der Waals surface area contributed by atoms with E-state index in [4.69, 9.17) is 76.7 Å². The van der Waals surface area contributed by atoms with E-state index in [1.807, 2.05) is 46.2 Å². The number of rotatable bonds is 31. The second kappa shape index (κ2) is 56.6. The Hall–Kier alpha value is -4.24. The van der Waals surface area contributed by atoms with Gasteiger partial charge in [0.1, 0.15) is 75.6 Å². The number of nitrogens with zero attached hydrogens (tertiary/aromatic N) is 6. The van der Waals surface area contributed by atoms with Crippen molar-refractivity contribution < 1.29 is 178 Å². The molecule has 50 heteroatoms. The van der Waals surface area contributed by atoms with Gasteiger partial charge in [-0.3, -0.25) is 61.9 Å². The SMILES string of the molecule is CC(C)(C)[O-].COP(=O)(CP(=O)(CO)CO)OC.CO[C@@H]1[C@H](C)C(/C=C/P(=O)(CO)CO)OC[C@H]1n1cc(C)c(=O)[nH]c1=O.CO[C@@H]1[C@H](C)C(CO)OC[C@H]1n1cc(C)c(=O)[nH]c1=O.[2H]CC1OC[C@@H](n2cc(C)c(=O)[nH]c2=O)[C@H](OC)[C@@H]1O.[3H]OC.[C-]#[N+]CCOP(O[C@@H]1C(/C=C/P(=O)(CO)CO)OC[C@@H](n2cc(C)c(=O)[nH]c2=O)[C@@H]1OC)N(C(C)C)C(C)C.[K+]. The van der Waals surface area contributed by atoms with E-state index < -0.39 is 199 Å². The summed E-state index contributed by atoms with van der Waals surface area (Å²) in [5.41, 5.74) is -3.18. The van der Waals surface area contributed by atoms with Crippen molar-refractivity contribution in [2.45, 2.75) is 200 Å². The Balaban J connectivity index is 0.000000806. The van der Waals surface area contributed by atoms with Crippen LogP contribution in [0.4, 0.5) is 0 Å². The van der Waals surface area contributed by atoms with Gasteiger partial charge in [-0.25, -0.2) is 30.4 Å². The van der Waals surface area contributed by atoms with Crippen molar-refractivity contribution in [2.24, 2.45) is 11.8 Å². The number of aromatic amines is 4. The van der Waals surface area contributed by atoms with Crippen LogP contribution < -0.4 is 101 Å². The fraction of sp³-hybridized carbons (Fsp3) is 0.720. The Morgan fingerprint density at radius 3 is 1.26 bits per heavy atom. The zero-order chi connectivity index (χ0) is 96.3. The first-order valence-corrected chi connectivity index (χ1v) is 48.3.